The van der Waals surface area contributed by atoms with Crippen molar-refractivity contribution in [2.24, 2.45) is 10.7 Å². The minimum Gasteiger partial charge on any atom is -0.369 e. The zero-order valence-corrected chi connectivity index (χ0v) is 15.4. The summed E-state index contributed by atoms with van der Waals surface area (Å²) in [7, 11) is 0. The minimum atomic E-state index is 0.287. The molecule has 3 aromatic rings. The number of aryl methyl sites for hydroxylation is 2. The van der Waals surface area contributed by atoms with Gasteiger partial charge < -0.3 is 11.1 Å². The number of hydrogen-bond donors (Lipinski definition) is 2. The second kappa shape index (κ2) is 7.58. The summed E-state index contributed by atoms with van der Waals surface area (Å²) < 4.78 is 0. The zero-order chi connectivity index (χ0) is 18.6. The van der Waals surface area contributed by atoms with E-state index < -0.39 is 0 Å². The van der Waals surface area contributed by atoms with Gasteiger partial charge in [-0.25, -0.2) is 9.97 Å². The van der Waals surface area contributed by atoms with Gasteiger partial charge in [-0.1, -0.05) is 42.5 Å². The van der Waals surface area contributed by atoms with Crippen LogP contribution in [0.4, 0.5) is 11.6 Å². The van der Waals surface area contributed by atoms with Crippen molar-refractivity contribution in [2.45, 2.75) is 32.6 Å². The molecular formula is C22H23N5. The number of nitrogens with two attached hydrogens (primary N) is 1. The number of hydrogen-bond acceptors (Lipinski definition) is 3. The van der Waals surface area contributed by atoms with E-state index in [9.17, 15) is 0 Å². The van der Waals surface area contributed by atoms with Crippen molar-refractivity contribution in [1.29, 1.82) is 0 Å². The molecule has 0 saturated carbocycles. The average molecular weight is 357 g/mol. The molecule has 2 aromatic carbocycles. The molecule has 5 nitrogen and oxygen atoms in total. The lowest BCUT2D eigenvalue weighted by Crippen LogP contribution is -2.22. The Morgan fingerprint density at radius 2 is 1.74 bits per heavy atom. The first-order valence-electron chi connectivity index (χ1n) is 9.32. The summed E-state index contributed by atoms with van der Waals surface area (Å²) in [6.07, 6.45) is 4.44. The maximum Gasteiger partial charge on any atom is 0.253 e. The standard InChI is InChI=1S/C22H23N5/c1-15-19-12-5-6-13-20(19)26-22(24-15)27-21(23)25-18-11-7-10-17(14-18)16-8-3-2-4-9-16/h2-4,7-11,14H,5-6,12-13H2,1H3,(H3,23,24,25,26,27). The molecular weight excluding hydrogens is 334 g/mol. The zero-order valence-electron chi connectivity index (χ0n) is 15.4. The van der Waals surface area contributed by atoms with Gasteiger partial charge in [-0.05, 0) is 61.4 Å². The fourth-order valence-corrected chi connectivity index (χ4v) is 3.51. The fourth-order valence-electron chi connectivity index (χ4n) is 3.51. The highest BCUT2D eigenvalue weighted by atomic mass is 15.2. The van der Waals surface area contributed by atoms with Crippen LogP contribution >= 0.6 is 0 Å². The fraction of sp³-hybridized carbons (Fsp3) is 0.227. The lowest BCUT2D eigenvalue weighted by atomic mass is 9.95. The third kappa shape index (κ3) is 3.97. The molecule has 0 radical (unpaired) electrons. The lowest BCUT2D eigenvalue weighted by molar-refractivity contribution is 0.657. The Morgan fingerprint density at radius 3 is 2.59 bits per heavy atom. The van der Waals surface area contributed by atoms with Crippen LogP contribution in [0.3, 0.4) is 0 Å². The molecule has 0 spiro atoms. The van der Waals surface area contributed by atoms with Gasteiger partial charge in [0.25, 0.3) is 5.95 Å². The number of nitrogens with one attached hydrogen (secondary N) is 1. The van der Waals surface area contributed by atoms with Crippen LogP contribution in [0.5, 0.6) is 0 Å². The number of guanidine groups is 1. The third-order valence-electron chi connectivity index (χ3n) is 4.84. The molecule has 0 unspecified atom stereocenters. The third-order valence-corrected chi connectivity index (χ3v) is 4.84. The quantitative estimate of drug-likeness (QED) is 0.538. The number of nitrogens with zero attached hydrogens (tertiary/aromatic N) is 3. The van der Waals surface area contributed by atoms with Crippen LogP contribution < -0.4 is 11.1 Å². The molecule has 1 heterocycles. The van der Waals surface area contributed by atoms with Crippen LogP contribution in [0.15, 0.2) is 59.6 Å². The monoisotopic (exact) mass is 357 g/mol. The molecule has 1 aromatic heterocycles. The predicted octanol–water partition coefficient (Wildman–Crippen LogP) is 4.39. The average Bonchev–Trinajstić information content (AvgIpc) is 2.69. The smallest absolute Gasteiger partial charge is 0.253 e. The Morgan fingerprint density at radius 1 is 0.963 bits per heavy atom. The Kier molecular flexibility index (Phi) is 4.83. The topological polar surface area (TPSA) is 76.2 Å². The number of aromatic nitrogens is 2. The number of anilines is 1. The van der Waals surface area contributed by atoms with Gasteiger partial charge in [0, 0.05) is 17.1 Å². The molecule has 1 aliphatic carbocycles. The molecule has 0 fully saturated rings. The number of fused-ring (bicyclic) bond motifs is 1. The first kappa shape index (κ1) is 17.2. The highest BCUT2D eigenvalue weighted by Gasteiger charge is 2.15. The molecule has 27 heavy (non-hydrogen) atoms. The van der Waals surface area contributed by atoms with E-state index in [2.05, 4.69) is 44.5 Å². The summed E-state index contributed by atoms with van der Waals surface area (Å²) >= 11 is 0. The van der Waals surface area contributed by atoms with Crippen LogP contribution in [0, 0.1) is 6.92 Å². The van der Waals surface area contributed by atoms with Crippen molar-refractivity contribution in [2.75, 3.05) is 5.32 Å². The second-order valence-electron chi connectivity index (χ2n) is 6.81. The molecule has 0 aliphatic heterocycles. The van der Waals surface area contributed by atoms with E-state index in [4.69, 9.17) is 5.73 Å². The first-order chi connectivity index (χ1) is 13.2. The van der Waals surface area contributed by atoms with Gasteiger partial charge in [0.2, 0.25) is 5.96 Å². The Bertz CT molecular complexity index is 979. The van der Waals surface area contributed by atoms with Gasteiger partial charge in [0.15, 0.2) is 0 Å². The van der Waals surface area contributed by atoms with Crippen molar-refractivity contribution in [1.82, 2.24) is 9.97 Å². The Balaban J connectivity index is 1.56. The van der Waals surface area contributed by atoms with Crippen molar-refractivity contribution < 1.29 is 0 Å². The molecule has 0 atom stereocenters. The summed E-state index contributed by atoms with van der Waals surface area (Å²) in [5.41, 5.74) is 12.7. The maximum atomic E-state index is 6.11. The largest absolute Gasteiger partial charge is 0.369 e. The molecule has 5 heteroatoms. The Labute approximate surface area is 159 Å². The molecule has 4 rings (SSSR count). The van der Waals surface area contributed by atoms with Crippen molar-refractivity contribution in [3.8, 4) is 11.1 Å². The number of rotatable bonds is 3. The van der Waals surface area contributed by atoms with Crippen LogP contribution in [-0.2, 0) is 12.8 Å². The molecule has 0 saturated heterocycles. The summed E-state index contributed by atoms with van der Waals surface area (Å²) in [6, 6.07) is 18.3. The van der Waals surface area contributed by atoms with Crippen LogP contribution in [0.1, 0.15) is 29.8 Å². The van der Waals surface area contributed by atoms with Gasteiger partial charge in [0.05, 0.1) is 0 Å². The predicted molar refractivity (Wildman–Crippen MR) is 110 cm³/mol. The van der Waals surface area contributed by atoms with Gasteiger partial charge in [0.1, 0.15) is 0 Å². The van der Waals surface area contributed by atoms with Crippen LogP contribution in [-0.4, -0.2) is 15.9 Å². The molecule has 3 N–H and O–H groups in total. The summed E-state index contributed by atoms with van der Waals surface area (Å²) in [5, 5.41) is 3.15. The SMILES string of the molecule is Cc1nc(N=C(N)Nc2cccc(-c3ccccc3)c2)nc2c1CCCC2. The van der Waals surface area contributed by atoms with Gasteiger partial charge in [-0.15, -0.1) is 0 Å². The van der Waals surface area contributed by atoms with Crippen LogP contribution in [0.2, 0.25) is 0 Å². The van der Waals surface area contributed by atoms with Crippen molar-refractivity contribution in [3.05, 3.63) is 71.5 Å². The van der Waals surface area contributed by atoms with E-state index in [-0.39, 0.29) is 5.96 Å². The molecule has 1 aliphatic rings. The number of aliphatic imine (C=N–C) groups is 1. The second-order valence-corrected chi connectivity index (χ2v) is 6.81. The summed E-state index contributed by atoms with van der Waals surface area (Å²) in [4.78, 5) is 13.5. The molecule has 0 bridgehead atoms. The van der Waals surface area contributed by atoms with Crippen LogP contribution in [0.25, 0.3) is 11.1 Å². The molecule has 136 valence electrons. The van der Waals surface area contributed by atoms with Gasteiger partial charge >= 0.3 is 0 Å². The van der Waals surface area contributed by atoms with E-state index in [0.29, 0.717) is 5.95 Å². The summed E-state index contributed by atoms with van der Waals surface area (Å²) in [5.74, 6) is 0.715. The number of benzene rings is 2. The van der Waals surface area contributed by atoms with E-state index in [1.54, 1.807) is 0 Å². The minimum absolute atomic E-state index is 0.287. The highest BCUT2D eigenvalue weighted by Crippen LogP contribution is 2.24. The van der Waals surface area contributed by atoms with E-state index in [0.717, 1.165) is 41.0 Å². The van der Waals surface area contributed by atoms with Crippen molar-refractivity contribution >= 4 is 17.6 Å². The highest BCUT2D eigenvalue weighted by molar-refractivity contribution is 5.94. The van der Waals surface area contributed by atoms with E-state index >= 15 is 0 Å². The van der Waals surface area contributed by atoms with E-state index in [1.165, 1.54) is 18.4 Å². The lowest BCUT2D eigenvalue weighted by Gasteiger charge is -2.16. The Hall–Kier alpha value is -3.21. The first-order valence-corrected chi connectivity index (χ1v) is 9.32. The summed E-state index contributed by atoms with van der Waals surface area (Å²) in [6.45, 7) is 2.03. The van der Waals surface area contributed by atoms with E-state index in [1.807, 2.05) is 37.3 Å². The maximum absolute atomic E-state index is 6.11. The van der Waals surface area contributed by atoms with Gasteiger partial charge in [-0.2, -0.15) is 4.99 Å². The van der Waals surface area contributed by atoms with Gasteiger partial charge in [-0.3, -0.25) is 0 Å². The van der Waals surface area contributed by atoms with Crippen molar-refractivity contribution in [3.63, 3.8) is 0 Å². The normalized spacial score (nSPS) is 13.9. The molecule has 0 amide bonds.